The molecule has 13 heteroatoms. The molecule has 42 heavy (non-hydrogen) atoms. The molecular weight excluding hydrogens is 536 g/mol. The predicted octanol–water partition coefficient (Wildman–Crippen LogP) is 3.74. The van der Waals surface area contributed by atoms with Crippen molar-refractivity contribution in [1.29, 1.82) is 0 Å². The third-order valence-corrected chi connectivity index (χ3v) is 7.81. The summed E-state index contributed by atoms with van der Waals surface area (Å²) in [7, 11) is 1.78. The Balaban J connectivity index is 1.29. The molecule has 1 fully saturated rings. The fraction of sp³-hybridized carbons (Fsp3) is 0.414. The first-order valence-corrected chi connectivity index (χ1v) is 13.9. The number of hydrogen-bond donors (Lipinski definition) is 4. The molecule has 0 radical (unpaired) electrons. The summed E-state index contributed by atoms with van der Waals surface area (Å²) in [6, 6.07) is 3.48. The highest BCUT2D eigenvalue weighted by atomic mass is 16.4. The molecule has 0 spiro atoms. The number of nitrogens with one attached hydrogen (secondary N) is 3. The third kappa shape index (κ3) is 6.15. The second-order valence-electron chi connectivity index (χ2n) is 11.2. The van der Waals surface area contributed by atoms with E-state index in [0.717, 1.165) is 13.1 Å². The summed E-state index contributed by atoms with van der Waals surface area (Å²) in [6.45, 7) is 10.4. The topological polar surface area (TPSA) is 163 Å². The molecular formula is C29H36N10O3. The molecule has 1 amide bonds. The van der Waals surface area contributed by atoms with E-state index < -0.39 is 11.9 Å². The Kier molecular flexibility index (Phi) is 8.03. The van der Waals surface area contributed by atoms with Crippen LogP contribution in [0.3, 0.4) is 0 Å². The number of fused-ring (bicyclic) bond motifs is 1. The van der Waals surface area contributed by atoms with Crippen LogP contribution in [0.4, 0.5) is 23.1 Å². The van der Waals surface area contributed by atoms with Crippen LogP contribution in [0.15, 0.2) is 36.9 Å². The van der Waals surface area contributed by atoms with E-state index in [2.05, 4.69) is 59.7 Å². The molecule has 4 aromatic rings. The molecule has 4 aromatic heterocycles. The number of amides is 1. The lowest BCUT2D eigenvalue weighted by atomic mass is 10.0. The number of aromatic nitrogens is 6. The first-order valence-electron chi connectivity index (χ1n) is 13.9. The highest BCUT2D eigenvalue weighted by Crippen LogP contribution is 2.28. The summed E-state index contributed by atoms with van der Waals surface area (Å²) in [5.41, 5.74) is 3.70. The molecule has 1 atom stereocenters. The summed E-state index contributed by atoms with van der Waals surface area (Å²) in [5.74, 6) is -0.966. The van der Waals surface area contributed by atoms with Crippen molar-refractivity contribution >= 4 is 46.1 Å². The largest absolute Gasteiger partial charge is 0.481 e. The van der Waals surface area contributed by atoms with E-state index in [-0.39, 0.29) is 11.4 Å². The van der Waals surface area contributed by atoms with Crippen LogP contribution in [0.5, 0.6) is 0 Å². The number of aryl methyl sites for hydroxylation is 2. The van der Waals surface area contributed by atoms with Crippen molar-refractivity contribution in [3.63, 3.8) is 0 Å². The van der Waals surface area contributed by atoms with Crippen molar-refractivity contribution in [3.8, 4) is 0 Å². The van der Waals surface area contributed by atoms with Gasteiger partial charge in [-0.15, -0.1) is 0 Å². The highest BCUT2D eigenvalue weighted by molar-refractivity contribution is 5.96. The zero-order valence-corrected chi connectivity index (χ0v) is 24.5. The maximum atomic E-state index is 12.9. The third-order valence-electron chi connectivity index (χ3n) is 7.81. The molecule has 1 saturated heterocycles. The van der Waals surface area contributed by atoms with E-state index in [1.165, 1.54) is 19.0 Å². The molecule has 5 rings (SSSR count). The maximum Gasteiger partial charge on any atom is 0.310 e. The molecule has 1 unspecified atom stereocenters. The zero-order valence-electron chi connectivity index (χ0n) is 24.5. The lowest BCUT2D eigenvalue weighted by Gasteiger charge is -2.31. The molecule has 5 heterocycles. The van der Waals surface area contributed by atoms with E-state index in [4.69, 9.17) is 0 Å². The first-order chi connectivity index (χ1) is 20.0. The number of rotatable bonds is 10. The number of nitrogens with zero attached hydrogens (tertiary/aromatic N) is 7. The molecule has 0 bridgehead atoms. The van der Waals surface area contributed by atoms with Crippen LogP contribution in [0.25, 0.3) is 11.0 Å². The average molecular weight is 573 g/mol. The SMILES string of the molecule is Cc1ncc(C(=O)NCCN2CCCC2(C)C)cc1Nc1nn(C)c2nc(Nc3cncc(C(C)C(=O)O)c3)ncc12. The second kappa shape index (κ2) is 11.7. The van der Waals surface area contributed by atoms with Crippen molar-refractivity contribution in [1.82, 2.24) is 39.9 Å². The van der Waals surface area contributed by atoms with E-state index in [1.807, 2.05) is 6.92 Å². The summed E-state index contributed by atoms with van der Waals surface area (Å²) >= 11 is 0. The van der Waals surface area contributed by atoms with E-state index in [0.29, 0.717) is 57.5 Å². The molecule has 1 aliphatic rings. The number of anilines is 4. The van der Waals surface area contributed by atoms with Gasteiger partial charge in [0.15, 0.2) is 11.5 Å². The number of pyridine rings is 2. The minimum absolute atomic E-state index is 0.169. The number of hydrogen-bond acceptors (Lipinski definition) is 10. The molecule has 0 aromatic carbocycles. The number of carboxylic acid groups (broad SMARTS) is 1. The van der Waals surface area contributed by atoms with Crippen LogP contribution in [-0.4, -0.2) is 76.8 Å². The highest BCUT2D eigenvalue weighted by Gasteiger charge is 2.31. The van der Waals surface area contributed by atoms with Crippen molar-refractivity contribution < 1.29 is 14.7 Å². The fourth-order valence-corrected chi connectivity index (χ4v) is 5.12. The number of carbonyl (C=O) groups is 2. The van der Waals surface area contributed by atoms with Crippen LogP contribution in [0.1, 0.15) is 61.1 Å². The normalized spacial score (nSPS) is 15.5. The summed E-state index contributed by atoms with van der Waals surface area (Å²) < 4.78 is 1.63. The van der Waals surface area contributed by atoms with Crippen LogP contribution in [-0.2, 0) is 11.8 Å². The molecule has 4 N–H and O–H groups in total. The number of carboxylic acids is 1. The Labute approximate surface area is 243 Å². The smallest absolute Gasteiger partial charge is 0.310 e. The van der Waals surface area contributed by atoms with Gasteiger partial charge in [0, 0.05) is 44.3 Å². The standard InChI is InChI=1S/C29H36N10O3/c1-17(27(41)42)19-11-21(15-30-13-19)34-28-33-16-22-24(37-38(5)25(22)36-28)35-23-12-20(14-32-18(23)2)26(40)31-8-10-39-9-6-7-29(39,3)4/h11-17H,6-10H2,1-5H3,(H,31,40)(H,35,37)(H,41,42)(H,33,34,36). The Morgan fingerprint density at radius 1 is 1.12 bits per heavy atom. The van der Waals surface area contributed by atoms with Gasteiger partial charge >= 0.3 is 5.97 Å². The molecule has 0 aliphatic carbocycles. The van der Waals surface area contributed by atoms with Gasteiger partial charge in [0.05, 0.1) is 40.1 Å². The van der Waals surface area contributed by atoms with Crippen molar-refractivity contribution in [2.45, 2.75) is 52.0 Å². The molecule has 1 aliphatic heterocycles. The van der Waals surface area contributed by atoms with Gasteiger partial charge in [-0.25, -0.2) is 9.67 Å². The van der Waals surface area contributed by atoms with E-state index in [9.17, 15) is 14.7 Å². The minimum atomic E-state index is -0.931. The van der Waals surface area contributed by atoms with Crippen LogP contribution < -0.4 is 16.0 Å². The quantitative estimate of drug-likeness (QED) is 0.219. The van der Waals surface area contributed by atoms with Gasteiger partial charge in [-0.05, 0) is 64.8 Å². The summed E-state index contributed by atoms with van der Waals surface area (Å²) in [5, 5.41) is 24.0. The average Bonchev–Trinajstić information content (AvgIpc) is 3.46. The van der Waals surface area contributed by atoms with Crippen LogP contribution >= 0.6 is 0 Å². The predicted molar refractivity (Wildman–Crippen MR) is 159 cm³/mol. The summed E-state index contributed by atoms with van der Waals surface area (Å²) in [6.07, 6.45) is 8.68. The van der Waals surface area contributed by atoms with Gasteiger partial charge in [0.25, 0.3) is 5.91 Å². The van der Waals surface area contributed by atoms with Gasteiger partial charge in [-0.1, -0.05) is 0 Å². The number of carbonyl (C=O) groups excluding carboxylic acids is 1. The minimum Gasteiger partial charge on any atom is -0.481 e. The summed E-state index contributed by atoms with van der Waals surface area (Å²) in [4.78, 5) is 44.3. The lowest BCUT2D eigenvalue weighted by molar-refractivity contribution is -0.138. The molecule has 13 nitrogen and oxygen atoms in total. The molecule has 220 valence electrons. The van der Waals surface area contributed by atoms with Gasteiger partial charge in [0.1, 0.15) is 0 Å². The maximum absolute atomic E-state index is 12.9. The van der Waals surface area contributed by atoms with E-state index in [1.54, 1.807) is 49.4 Å². The van der Waals surface area contributed by atoms with E-state index >= 15 is 0 Å². The zero-order chi connectivity index (χ0) is 30.0. The van der Waals surface area contributed by atoms with Crippen LogP contribution in [0, 0.1) is 6.92 Å². The fourth-order valence-electron chi connectivity index (χ4n) is 5.12. The van der Waals surface area contributed by atoms with Crippen molar-refractivity contribution in [3.05, 3.63) is 53.7 Å². The van der Waals surface area contributed by atoms with Gasteiger partial charge in [-0.2, -0.15) is 10.1 Å². The number of aliphatic carboxylic acids is 1. The molecule has 0 saturated carbocycles. The van der Waals surface area contributed by atoms with Gasteiger partial charge in [-0.3, -0.25) is 24.5 Å². The monoisotopic (exact) mass is 572 g/mol. The Morgan fingerprint density at radius 3 is 2.67 bits per heavy atom. The second-order valence-corrected chi connectivity index (χ2v) is 11.2. The van der Waals surface area contributed by atoms with Crippen LogP contribution in [0.2, 0.25) is 0 Å². The number of likely N-dealkylation sites (tertiary alicyclic amines) is 1. The Morgan fingerprint density at radius 2 is 1.93 bits per heavy atom. The Hall–Kier alpha value is -4.65. The van der Waals surface area contributed by atoms with Gasteiger partial charge < -0.3 is 21.1 Å². The van der Waals surface area contributed by atoms with Crippen molar-refractivity contribution in [2.24, 2.45) is 7.05 Å². The van der Waals surface area contributed by atoms with Crippen molar-refractivity contribution in [2.75, 3.05) is 30.3 Å². The Bertz CT molecular complexity index is 1630. The first kappa shape index (κ1) is 28.9. The lowest BCUT2D eigenvalue weighted by Crippen LogP contribution is -2.43. The van der Waals surface area contributed by atoms with Gasteiger partial charge in [0.2, 0.25) is 5.95 Å².